The van der Waals surface area contributed by atoms with Crippen LogP contribution in [0.25, 0.3) is 0 Å². The fraction of sp³-hybridized carbons (Fsp3) is 0.357. The minimum atomic E-state index is -3.72. The number of halogens is 2. The Labute approximate surface area is 131 Å². The molecule has 1 atom stereocenters. The van der Waals surface area contributed by atoms with E-state index in [4.69, 9.17) is 17.2 Å². The summed E-state index contributed by atoms with van der Waals surface area (Å²) in [4.78, 5) is 26.2. The van der Waals surface area contributed by atoms with Crippen molar-refractivity contribution in [2.45, 2.75) is 25.3 Å². The van der Waals surface area contributed by atoms with Gasteiger partial charge in [0.1, 0.15) is 0 Å². The number of rotatable bonds is 7. The van der Waals surface area contributed by atoms with Crippen LogP contribution in [-0.4, -0.2) is 36.2 Å². The van der Waals surface area contributed by atoms with E-state index in [2.05, 4.69) is 4.99 Å². The molecule has 0 aliphatic rings. The lowest BCUT2D eigenvalue weighted by molar-refractivity contribution is -0.144. The Morgan fingerprint density at radius 1 is 1.26 bits per heavy atom. The van der Waals surface area contributed by atoms with Crippen LogP contribution in [0.4, 0.5) is 14.5 Å². The first-order valence-corrected chi connectivity index (χ1v) is 6.72. The number of hydrogen-bond acceptors (Lipinski definition) is 4. The van der Waals surface area contributed by atoms with Gasteiger partial charge in [0.05, 0.1) is 18.3 Å². The van der Waals surface area contributed by atoms with Gasteiger partial charge in [-0.25, -0.2) is 4.99 Å². The average molecular weight is 327 g/mol. The van der Waals surface area contributed by atoms with Crippen LogP contribution in [0, 0.1) is 0 Å². The molecule has 126 valence electrons. The molecule has 1 aromatic rings. The Balaban J connectivity index is 2.70. The zero-order chi connectivity index (χ0) is 17.6. The molecule has 9 heteroatoms. The topological polar surface area (TPSA) is 137 Å². The minimum Gasteiger partial charge on any atom is -0.370 e. The summed E-state index contributed by atoms with van der Waals surface area (Å²) in [5, 5.41) is 1.91. The lowest BCUT2D eigenvalue weighted by atomic mass is 9.99. The molecule has 0 saturated heterocycles. The molecule has 1 amide bonds. The summed E-state index contributed by atoms with van der Waals surface area (Å²) in [5.41, 5.74) is 17.1. The van der Waals surface area contributed by atoms with E-state index in [1.807, 2.05) is 5.32 Å². The van der Waals surface area contributed by atoms with Gasteiger partial charge in [0.15, 0.2) is 5.96 Å². The van der Waals surface area contributed by atoms with Gasteiger partial charge in [-0.15, -0.1) is 0 Å². The van der Waals surface area contributed by atoms with E-state index in [0.29, 0.717) is 11.3 Å². The number of hydrogen-bond donors (Lipinski definition) is 4. The third-order valence-electron chi connectivity index (χ3n) is 2.91. The lowest BCUT2D eigenvalue weighted by Gasteiger charge is -2.19. The highest BCUT2D eigenvalue weighted by atomic mass is 19.3. The summed E-state index contributed by atoms with van der Waals surface area (Å²) in [6, 6.07) is 4.92. The first-order chi connectivity index (χ1) is 10.6. The van der Waals surface area contributed by atoms with Crippen LogP contribution >= 0.6 is 0 Å². The monoisotopic (exact) mass is 327 g/mol. The van der Waals surface area contributed by atoms with Crippen molar-refractivity contribution in [2.24, 2.45) is 22.2 Å². The fourth-order valence-corrected chi connectivity index (χ4v) is 1.80. The SMILES string of the molecule is CC(=O)NCC(F)(F)C(=O)C(N)Cc1ccc(N=C(N)N)cc1. The van der Waals surface area contributed by atoms with Crippen LogP contribution in [0.1, 0.15) is 12.5 Å². The Morgan fingerprint density at radius 2 is 1.83 bits per heavy atom. The molecular weight excluding hydrogens is 308 g/mol. The molecule has 0 spiro atoms. The number of nitrogens with one attached hydrogen (secondary N) is 1. The van der Waals surface area contributed by atoms with Crippen LogP contribution in [0.3, 0.4) is 0 Å². The second kappa shape index (κ2) is 7.63. The largest absolute Gasteiger partial charge is 0.370 e. The van der Waals surface area contributed by atoms with Crippen molar-refractivity contribution in [3.05, 3.63) is 29.8 Å². The maximum atomic E-state index is 13.6. The van der Waals surface area contributed by atoms with Gasteiger partial charge >= 0.3 is 5.92 Å². The number of nitrogens with two attached hydrogens (primary N) is 3. The van der Waals surface area contributed by atoms with Gasteiger partial charge in [-0.3, -0.25) is 9.59 Å². The Hall–Kier alpha value is -2.55. The fourth-order valence-electron chi connectivity index (χ4n) is 1.80. The van der Waals surface area contributed by atoms with E-state index < -0.39 is 30.2 Å². The number of amides is 1. The Bertz CT molecular complexity index is 598. The summed E-state index contributed by atoms with van der Waals surface area (Å²) in [7, 11) is 0. The number of alkyl halides is 2. The second-order valence-corrected chi connectivity index (χ2v) is 4.99. The smallest absolute Gasteiger partial charge is 0.323 e. The molecule has 0 bridgehead atoms. The Kier molecular flexibility index (Phi) is 6.14. The van der Waals surface area contributed by atoms with Crippen molar-refractivity contribution in [3.8, 4) is 0 Å². The molecule has 1 aromatic carbocycles. The number of ketones is 1. The zero-order valence-electron chi connectivity index (χ0n) is 12.6. The van der Waals surface area contributed by atoms with Gasteiger partial charge in [-0.1, -0.05) is 12.1 Å². The highest BCUT2D eigenvalue weighted by molar-refractivity contribution is 5.91. The summed E-state index contributed by atoms with van der Waals surface area (Å²) in [6.45, 7) is 0.0108. The minimum absolute atomic E-state index is 0.0728. The Morgan fingerprint density at radius 3 is 2.30 bits per heavy atom. The molecule has 0 radical (unpaired) electrons. The first-order valence-electron chi connectivity index (χ1n) is 6.72. The number of Topliss-reactive ketones (excluding diaryl/α,β-unsaturated/α-hetero) is 1. The van der Waals surface area contributed by atoms with Gasteiger partial charge < -0.3 is 22.5 Å². The standard InChI is InChI=1S/C14H19F2N5O2/c1-8(22)20-7-14(15,16)12(23)11(17)6-9-2-4-10(5-3-9)21-13(18)19/h2-5,11H,6-7,17H2,1H3,(H,20,22)(H4,18,19,21). The summed E-state index contributed by atoms with van der Waals surface area (Å²) in [5.74, 6) is -5.91. The van der Waals surface area contributed by atoms with Crippen molar-refractivity contribution >= 4 is 23.3 Å². The molecule has 7 N–H and O–H groups in total. The van der Waals surface area contributed by atoms with Crippen LogP contribution in [-0.2, 0) is 16.0 Å². The molecule has 0 aromatic heterocycles. The normalized spacial score (nSPS) is 12.3. The molecule has 0 saturated carbocycles. The van der Waals surface area contributed by atoms with Crippen LogP contribution in [0.2, 0.25) is 0 Å². The maximum absolute atomic E-state index is 13.6. The average Bonchev–Trinajstić information content (AvgIpc) is 2.46. The molecule has 7 nitrogen and oxygen atoms in total. The predicted octanol–water partition coefficient (Wildman–Crippen LogP) is -0.198. The number of guanidine groups is 1. The van der Waals surface area contributed by atoms with Crippen LogP contribution in [0.5, 0.6) is 0 Å². The third kappa shape index (κ3) is 5.99. The second-order valence-electron chi connectivity index (χ2n) is 4.99. The summed E-state index contributed by atoms with van der Waals surface area (Å²) >= 11 is 0. The molecule has 1 rings (SSSR count). The number of carbonyl (C=O) groups is 2. The first kappa shape index (κ1) is 18.5. The van der Waals surface area contributed by atoms with Crippen LogP contribution in [0.15, 0.2) is 29.3 Å². The van der Waals surface area contributed by atoms with Gasteiger partial charge in [0, 0.05) is 6.92 Å². The quantitative estimate of drug-likeness (QED) is 0.406. The molecule has 0 aliphatic carbocycles. The van der Waals surface area contributed by atoms with E-state index in [9.17, 15) is 18.4 Å². The van der Waals surface area contributed by atoms with Gasteiger partial charge in [0.2, 0.25) is 11.7 Å². The van der Waals surface area contributed by atoms with Gasteiger partial charge in [0.25, 0.3) is 0 Å². The van der Waals surface area contributed by atoms with E-state index >= 15 is 0 Å². The molecule has 0 heterocycles. The molecule has 1 unspecified atom stereocenters. The van der Waals surface area contributed by atoms with Crippen molar-refractivity contribution in [2.75, 3.05) is 6.54 Å². The summed E-state index contributed by atoms with van der Waals surface area (Å²) in [6.07, 6.45) is -0.0728. The van der Waals surface area contributed by atoms with Crippen molar-refractivity contribution in [3.63, 3.8) is 0 Å². The highest BCUT2D eigenvalue weighted by Gasteiger charge is 2.41. The zero-order valence-corrected chi connectivity index (χ0v) is 12.6. The molecular formula is C14H19F2N5O2. The number of aliphatic imine (C=N–C) groups is 1. The lowest BCUT2D eigenvalue weighted by Crippen LogP contribution is -2.49. The van der Waals surface area contributed by atoms with Crippen molar-refractivity contribution < 1.29 is 18.4 Å². The van der Waals surface area contributed by atoms with E-state index in [1.54, 1.807) is 24.3 Å². The van der Waals surface area contributed by atoms with Crippen LogP contribution < -0.4 is 22.5 Å². The molecule has 23 heavy (non-hydrogen) atoms. The van der Waals surface area contributed by atoms with Crippen molar-refractivity contribution in [1.29, 1.82) is 0 Å². The number of carbonyl (C=O) groups excluding carboxylic acids is 2. The third-order valence-corrected chi connectivity index (χ3v) is 2.91. The van der Waals surface area contributed by atoms with E-state index in [1.165, 1.54) is 0 Å². The highest BCUT2D eigenvalue weighted by Crippen LogP contribution is 2.18. The van der Waals surface area contributed by atoms with Crippen molar-refractivity contribution in [1.82, 2.24) is 5.32 Å². The van der Waals surface area contributed by atoms with E-state index in [-0.39, 0.29) is 12.4 Å². The maximum Gasteiger partial charge on any atom is 0.323 e. The van der Waals surface area contributed by atoms with Gasteiger partial charge in [-0.2, -0.15) is 8.78 Å². The summed E-state index contributed by atoms with van der Waals surface area (Å²) < 4.78 is 27.3. The van der Waals surface area contributed by atoms with Gasteiger partial charge in [-0.05, 0) is 24.1 Å². The number of benzene rings is 1. The molecule has 0 fully saturated rings. The number of nitrogens with zero attached hydrogens (tertiary/aromatic N) is 1. The predicted molar refractivity (Wildman–Crippen MR) is 82.2 cm³/mol. The molecule has 0 aliphatic heterocycles. The van der Waals surface area contributed by atoms with E-state index in [0.717, 1.165) is 6.92 Å².